The summed E-state index contributed by atoms with van der Waals surface area (Å²) < 4.78 is 26.4. The van der Waals surface area contributed by atoms with E-state index in [0.29, 0.717) is 12.1 Å². The summed E-state index contributed by atoms with van der Waals surface area (Å²) in [5, 5.41) is 5.91. The van der Waals surface area contributed by atoms with Gasteiger partial charge in [-0.1, -0.05) is 13.0 Å². The van der Waals surface area contributed by atoms with Crippen molar-refractivity contribution in [2.45, 2.75) is 31.7 Å². The molecule has 1 aromatic carbocycles. The largest absolute Gasteiger partial charge is 0.354 e. The molecule has 1 amide bonds. The van der Waals surface area contributed by atoms with E-state index in [2.05, 4.69) is 10.6 Å². The Morgan fingerprint density at radius 2 is 2.32 bits per heavy atom. The van der Waals surface area contributed by atoms with E-state index in [1.54, 1.807) is 6.92 Å². The topological polar surface area (TPSA) is 41.1 Å². The molecule has 1 heterocycles. The SMILES string of the molecule is CC(CNC(=O)C1CCCN1)c1ccc(F)cc1F. The molecule has 0 bridgehead atoms. The van der Waals surface area contributed by atoms with Gasteiger partial charge < -0.3 is 10.6 Å². The molecule has 1 aliphatic heterocycles. The van der Waals surface area contributed by atoms with E-state index in [1.807, 2.05) is 0 Å². The van der Waals surface area contributed by atoms with Crippen LogP contribution in [0.4, 0.5) is 8.78 Å². The fourth-order valence-corrected chi connectivity index (χ4v) is 2.30. The highest BCUT2D eigenvalue weighted by Gasteiger charge is 2.22. The fourth-order valence-electron chi connectivity index (χ4n) is 2.30. The van der Waals surface area contributed by atoms with Crippen molar-refractivity contribution in [2.75, 3.05) is 13.1 Å². The molecular formula is C14H18F2N2O. The van der Waals surface area contributed by atoms with Gasteiger partial charge in [0.15, 0.2) is 0 Å². The normalized spacial score (nSPS) is 20.3. The quantitative estimate of drug-likeness (QED) is 0.876. The van der Waals surface area contributed by atoms with Crippen LogP contribution in [0.3, 0.4) is 0 Å². The molecule has 1 fully saturated rings. The Labute approximate surface area is 111 Å². The lowest BCUT2D eigenvalue weighted by Crippen LogP contribution is -2.41. The van der Waals surface area contributed by atoms with E-state index >= 15 is 0 Å². The Bertz CT molecular complexity index is 459. The van der Waals surface area contributed by atoms with Crippen LogP contribution < -0.4 is 10.6 Å². The summed E-state index contributed by atoms with van der Waals surface area (Å²) in [7, 11) is 0. The van der Waals surface area contributed by atoms with Crippen LogP contribution in [0, 0.1) is 11.6 Å². The molecule has 2 unspecified atom stereocenters. The molecule has 1 aliphatic rings. The van der Waals surface area contributed by atoms with E-state index in [4.69, 9.17) is 0 Å². The van der Waals surface area contributed by atoms with Gasteiger partial charge in [-0.2, -0.15) is 0 Å². The first-order valence-electron chi connectivity index (χ1n) is 6.54. The van der Waals surface area contributed by atoms with Crippen LogP contribution in [-0.4, -0.2) is 25.0 Å². The fraction of sp³-hybridized carbons (Fsp3) is 0.500. The minimum atomic E-state index is -0.590. The average Bonchev–Trinajstić information content (AvgIpc) is 2.89. The number of amides is 1. The second-order valence-electron chi connectivity index (χ2n) is 4.96. The van der Waals surface area contributed by atoms with Crippen molar-refractivity contribution in [3.05, 3.63) is 35.4 Å². The van der Waals surface area contributed by atoms with Crippen LogP contribution in [0.5, 0.6) is 0 Å². The first kappa shape index (κ1) is 13.9. The molecule has 0 spiro atoms. The Morgan fingerprint density at radius 1 is 1.53 bits per heavy atom. The van der Waals surface area contributed by atoms with Crippen LogP contribution in [-0.2, 0) is 4.79 Å². The first-order valence-corrected chi connectivity index (χ1v) is 6.54. The molecule has 19 heavy (non-hydrogen) atoms. The second-order valence-corrected chi connectivity index (χ2v) is 4.96. The van der Waals surface area contributed by atoms with E-state index in [1.165, 1.54) is 12.1 Å². The van der Waals surface area contributed by atoms with Crippen molar-refractivity contribution in [3.8, 4) is 0 Å². The Kier molecular flexibility index (Phi) is 4.47. The summed E-state index contributed by atoms with van der Waals surface area (Å²) in [5.41, 5.74) is 0.418. The van der Waals surface area contributed by atoms with Crippen LogP contribution in [0.2, 0.25) is 0 Å². The van der Waals surface area contributed by atoms with Gasteiger partial charge in [-0.3, -0.25) is 4.79 Å². The third-order valence-corrected chi connectivity index (χ3v) is 3.45. The minimum absolute atomic E-state index is 0.0492. The third-order valence-electron chi connectivity index (χ3n) is 3.45. The number of rotatable bonds is 4. The number of hydrogen-bond donors (Lipinski definition) is 2. The number of halogens is 2. The summed E-state index contributed by atoms with van der Waals surface area (Å²) in [6.07, 6.45) is 1.84. The zero-order valence-electron chi connectivity index (χ0n) is 10.9. The van der Waals surface area contributed by atoms with Gasteiger partial charge in [0.1, 0.15) is 11.6 Å². The number of hydrogen-bond acceptors (Lipinski definition) is 2. The predicted molar refractivity (Wildman–Crippen MR) is 68.8 cm³/mol. The molecule has 0 aromatic heterocycles. The van der Waals surface area contributed by atoms with Gasteiger partial charge in [-0.15, -0.1) is 0 Å². The highest BCUT2D eigenvalue weighted by molar-refractivity contribution is 5.82. The number of nitrogens with one attached hydrogen (secondary N) is 2. The summed E-state index contributed by atoms with van der Waals surface area (Å²) in [6.45, 7) is 3.01. The van der Waals surface area contributed by atoms with Crippen molar-refractivity contribution in [1.82, 2.24) is 10.6 Å². The number of carbonyl (C=O) groups is 1. The van der Waals surface area contributed by atoms with Crippen molar-refractivity contribution >= 4 is 5.91 Å². The molecule has 5 heteroatoms. The number of carbonyl (C=O) groups excluding carboxylic acids is 1. The molecule has 0 radical (unpaired) electrons. The average molecular weight is 268 g/mol. The van der Waals surface area contributed by atoms with Crippen molar-refractivity contribution in [3.63, 3.8) is 0 Å². The van der Waals surface area contributed by atoms with Gasteiger partial charge in [-0.05, 0) is 31.0 Å². The van der Waals surface area contributed by atoms with Gasteiger partial charge in [-0.25, -0.2) is 8.78 Å². The second kappa shape index (κ2) is 6.10. The Hall–Kier alpha value is -1.49. The molecule has 104 valence electrons. The molecular weight excluding hydrogens is 250 g/mol. The lowest BCUT2D eigenvalue weighted by molar-refractivity contribution is -0.122. The minimum Gasteiger partial charge on any atom is -0.354 e. The summed E-state index contributed by atoms with van der Waals surface area (Å²) in [4.78, 5) is 11.8. The Morgan fingerprint density at radius 3 is 2.95 bits per heavy atom. The zero-order valence-corrected chi connectivity index (χ0v) is 10.9. The molecule has 1 saturated heterocycles. The van der Waals surface area contributed by atoms with Crippen molar-refractivity contribution < 1.29 is 13.6 Å². The highest BCUT2D eigenvalue weighted by atomic mass is 19.1. The van der Waals surface area contributed by atoms with E-state index < -0.39 is 11.6 Å². The maximum Gasteiger partial charge on any atom is 0.237 e. The van der Waals surface area contributed by atoms with Gasteiger partial charge in [0, 0.05) is 18.5 Å². The van der Waals surface area contributed by atoms with Gasteiger partial charge in [0.05, 0.1) is 6.04 Å². The molecule has 1 aromatic rings. The summed E-state index contributed by atoms with van der Waals surface area (Å²) in [5.74, 6) is -1.40. The van der Waals surface area contributed by atoms with Crippen LogP contribution in [0.15, 0.2) is 18.2 Å². The molecule has 0 saturated carbocycles. The summed E-state index contributed by atoms with van der Waals surface area (Å²) in [6, 6.07) is 3.39. The summed E-state index contributed by atoms with van der Waals surface area (Å²) >= 11 is 0. The van der Waals surface area contributed by atoms with Gasteiger partial charge >= 0.3 is 0 Å². The molecule has 2 N–H and O–H groups in total. The van der Waals surface area contributed by atoms with Gasteiger partial charge in [0.25, 0.3) is 0 Å². The van der Waals surface area contributed by atoms with Crippen LogP contribution >= 0.6 is 0 Å². The van der Waals surface area contributed by atoms with Crippen molar-refractivity contribution in [1.29, 1.82) is 0 Å². The maximum absolute atomic E-state index is 13.6. The number of benzene rings is 1. The monoisotopic (exact) mass is 268 g/mol. The highest BCUT2D eigenvalue weighted by Crippen LogP contribution is 2.19. The van der Waals surface area contributed by atoms with Crippen molar-refractivity contribution in [2.24, 2.45) is 0 Å². The molecule has 3 nitrogen and oxygen atoms in total. The zero-order chi connectivity index (χ0) is 13.8. The third kappa shape index (κ3) is 3.50. The van der Waals surface area contributed by atoms with E-state index in [9.17, 15) is 13.6 Å². The standard InChI is InChI=1S/C14H18F2N2O/c1-9(11-5-4-10(15)7-12(11)16)8-18-14(19)13-3-2-6-17-13/h4-5,7,9,13,17H,2-3,6,8H2,1H3,(H,18,19). The lowest BCUT2D eigenvalue weighted by atomic mass is 10.0. The smallest absolute Gasteiger partial charge is 0.237 e. The van der Waals surface area contributed by atoms with E-state index in [0.717, 1.165) is 25.5 Å². The van der Waals surface area contributed by atoms with E-state index in [-0.39, 0.29) is 17.9 Å². The lowest BCUT2D eigenvalue weighted by Gasteiger charge is -2.16. The van der Waals surface area contributed by atoms with Crippen LogP contribution in [0.25, 0.3) is 0 Å². The molecule has 2 rings (SSSR count). The predicted octanol–water partition coefficient (Wildman–Crippen LogP) is 1.94. The maximum atomic E-state index is 13.6. The molecule has 2 atom stereocenters. The molecule has 0 aliphatic carbocycles. The Balaban J connectivity index is 1.89. The van der Waals surface area contributed by atoms with Gasteiger partial charge in [0.2, 0.25) is 5.91 Å². The van der Waals surface area contributed by atoms with Crippen LogP contribution in [0.1, 0.15) is 31.2 Å². The first-order chi connectivity index (χ1) is 9.08.